The van der Waals surface area contributed by atoms with Gasteiger partial charge in [-0.1, -0.05) is 6.92 Å². The third-order valence-electron chi connectivity index (χ3n) is 2.96. The largest absolute Gasteiger partial charge is 0.369 e. The first-order valence-electron chi connectivity index (χ1n) is 7.04. The van der Waals surface area contributed by atoms with Crippen LogP contribution < -0.4 is 10.6 Å². The van der Waals surface area contributed by atoms with Crippen molar-refractivity contribution >= 4 is 11.7 Å². The molecule has 6 nitrogen and oxygen atoms in total. The molecule has 1 atom stereocenters. The second kappa shape index (κ2) is 8.47. The minimum absolute atomic E-state index is 0.146. The molecule has 1 amide bonds. The fourth-order valence-corrected chi connectivity index (χ4v) is 1.55. The fraction of sp³-hybridized carbons (Fsp3) is 0.643. The highest BCUT2D eigenvalue weighted by Crippen LogP contribution is 2.02. The van der Waals surface area contributed by atoms with Crippen molar-refractivity contribution in [1.29, 1.82) is 0 Å². The molecule has 1 unspecified atom stereocenters. The Morgan fingerprint density at radius 2 is 2.10 bits per heavy atom. The molecule has 1 aromatic rings. The molecular formula is C14H25N5O. The molecule has 0 aromatic carbocycles. The molecule has 1 heterocycles. The standard InChI is InChI=1S/C14H25N5O/c1-5-11(2)18-14(20)12-9-17-13(10-16-12)15-7-6-8-19(3)4/h9-11H,5-8H2,1-4H3,(H,15,17)(H,18,20). The van der Waals surface area contributed by atoms with Gasteiger partial charge in [-0.05, 0) is 40.4 Å². The Balaban J connectivity index is 2.41. The van der Waals surface area contributed by atoms with Gasteiger partial charge in [0.15, 0.2) is 0 Å². The Labute approximate surface area is 121 Å². The Morgan fingerprint density at radius 1 is 1.35 bits per heavy atom. The van der Waals surface area contributed by atoms with E-state index in [1.165, 1.54) is 6.20 Å². The van der Waals surface area contributed by atoms with Crippen molar-refractivity contribution in [3.63, 3.8) is 0 Å². The van der Waals surface area contributed by atoms with Crippen LogP contribution >= 0.6 is 0 Å². The van der Waals surface area contributed by atoms with Crippen molar-refractivity contribution < 1.29 is 4.79 Å². The lowest BCUT2D eigenvalue weighted by Gasteiger charge is -2.11. The minimum Gasteiger partial charge on any atom is -0.369 e. The highest BCUT2D eigenvalue weighted by molar-refractivity contribution is 5.92. The van der Waals surface area contributed by atoms with Crippen LogP contribution in [0.2, 0.25) is 0 Å². The van der Waals surface area contributed by atoms with Crippen molar-refractivity contribution in [2.24, 2.45) is 0 Å². The van der Waals surface area contributed by atoms with Gasteiger partial charge in [-0.15, -0.1) is 0 Å². The minimum atomic E-state index is -0.175. The van der Waals surface area contributed by atoms with Crippen LogP contribution in [-0.4, -0.2) is 54.0 Å². The average molecular weight is 279 g/mol. The third kappa shape index (κ3) is 5.97. The maximum Gasteiger partial charge on any atom is 0.271 e. The summed E-state index contributed by atoms with van der Waals surface area (Å²) in [7, 11) is 4.09. The lowest BCUT2D eigenvalue weighted by molar-refractivity contribution is 0.0934. The maximum absolute atomic E-state index is 11.8. The molecule has 20 heavy (non-hydrogen) atoms. The second-order valence-electron chi connectivity index (χ2n) is 5.15. The molecule has 0 aliphatic rings. The van der Waals surface area contributed by atoms with Crippen molar-refractivity contribution in [1.82, 2.24) is 20.2 Å². The molecular weight excluding hydrogens is 254 g/mol. The van der Waals surface area contributed by atoms with Crippen LogP contribution in [0, 0.1) is 0 Å². The molecule has 1 aromatic heterocycles. The molecule has 6 heteroatoms. The normalized spacial score (nSPS) is 12.2. The van der Waals surface area contributed by atoms with Gasteiger partial charge in [-0.3, -0.25) is 4.79 Å². The maximum atomic E-state index is 11.8. The summed E-state index contributed by atoms with van der Waals surface area (Å²) < 4.78 is 0. The lowest BCUT2D eigenvalue weighted by atomic mass is 10.2. The van der Waals surface area contributed by atoms with Crippen LogP contribution in [0.15, 0.2) is 12.4 Å². The highest BCUT2D eigenvalue weighted by Gasteiger charge is 2.10. The van der Waals surface area contributed by atoms with Gasteiger partial charge in [0.05, 0.1) is 12.4 Å². The first-order chi connectivity index (χ1) is 9.52. The van der Waals surface area contributed by atoms with Crippen molar-refractivity contribution in [3.05, 3.63) is 18.1 Å². The summed E-state index contributed by atoms with van der Waals surface area (Å²) in [5.74, 6) is 0.523. The average Bonchev–Trinajstić information content (AvgIpc) is 2.43. The van der Waals surface area contributed by atoms with Crippen LogP contribution in [0.1, 0.15) is 37.2 Å². The van der Waals surface area contributed by atoms with E-state index in [9.17, 15) is 4.79 Å². The Kier molecular flexibility index (Phi) is 6.93. The molecule has 0 saturated heterocycles. The number of amides is 1. The smallest absolute Gasteiger partial charge is 0.271 e. The second-order valence-corrected chi connectivity index (χ2v) is 5.15. The van der Waals surface area contributed by atoms with Gasteiger partial charge in [0.2, 0.25) is 0 Å². The zero-order valence-electron chi connectivity index (χ0n) is 12.8. The van der Waals surface area contributed by atoms with Crippen molar-refractivity contribution in [3.8, 4) is 0 Å². The van der Waals surface area contributed by atoms with E-state index in [4.69, 9.17) is 0 Å². The summed E-state index contributed by atoms with van der Waals surface area (Å²) in [6, 6.07) is 0.146. The first-order valence-corrected chi connectivity index (χ1v) is 7.04. The summed E-state index contributed by atoms with van der Waals surface area (Å²) in [4.78, 5) is 22.3. The molecule has 112 valence electrons. The van der Waals surface area contributed by atoms with Crippen LogP contribution in [0.4, 0.5) is 5.82 Å². The summed E-state index contributed by atoms with van der Waals surface area (Å²) >= 11 is 0. The number of anilines is 1. The van der Waals surface area contributed by atoms with E-state index in [1.807, 2.05) is 27.9 Å². The van der Waals surface area contributed by atoms with Crippen molar-refractivity contribution in [2.75, 3.05) is 32.5 Å². The molecule has 0 radical (unpaired) electrons. The topological polar surface area (TPSA) is 70.2 Å². The van der Waals surface area contributed by atoms with Gasteiger partial charge >= 0.3 is 0 Å². The number of hydrogen-bond acceptors (Lipinski definition) is 5. The van der Waals surface area contributed by atoms with E-state index in [1.54, 1.807) is 6.20 Å². The lowest BCUT2D eigenvalue weighted by Crippen LogP contribution is -2.32. The van der Waals surface area contributed by atoms with Crippen LogP contribution in [0.5, 0.6) is 0 Å². The summed E-state index contributed by atoms with van der Waals surface area (Å²) in [6.45, 7) is 5.85. The Bertz CT molecular complexity index is 405. The van der Waals surface area contributed by atoms with Crippen LogP contribution in [0.25, 0.3) is 0 Å². The SMILES string of the molecule is CCC(C)NC(=O)c1cnc(NCCCN(C)C)cn1. The van der Waals surface area contributed by atoms with E-state index in [-0.39, 0.29) is 11.9 Å². The zero-order chi connectivity index (χ0) is 15.0. The van der Waals surface area contributed by atoms with Gasteiger partial charge in [0, 0.05) is 12.6 Å². The van der Waals surface area contributed by atoms with E-state index in [2.05, 4.69) is 25.5 Å². The van der Waals surface area contributed by atoms with E-state index >= 15 is 0 Å². The van der Waals surface area contributed by atoms with Crippen molar-refractivity contribution in [2.45, 2.75) is 32.7 Å². The summed E-state index contributed by atoms with van der Waals surface area (Å²) in [5.41, 5.74) is 0.351. The van der Waals surface area contributed by atoms with Gasteiger partial charge in [-0.2, -0.15) is 0 Å². The van der Waals surface area contributed by atoms with E-state index in [0.29, 0.717) is 11.5 Å². The molecule has 0 aliphatic heterocycles. The highest BCUT2D eigenvalue weighted by atomic mass is 16.1. The van der Waals surface area contributed by atoms with E-state index in [0.717, 1.165) is 25.9 Å². The van der Waals surface area contributed by atoms with E-state index < -0.39 is 0 Å². The molecule has 0 bridgehead atoms. The van der Waals surface area contributed by atoms with Gasteiger partial charge in [0.1, 0.15) is 11.5 Å². The number of carbonyl (C=O) groups is 1. The van der Waals surface area contributed by atoms with Gasteiger partial charge in [0.25, 0.3) is 5.91 Å². The first kappa shape index (κ1) is 16.4. The predicted molar refractivity (Wildman–Crippen MR) is 80.9 cm³/mol. The number of carbonyl (C=O) groups excluding carboxylic acids is 1. The number of aromatic nitrogens is 2. The fourth-order valence-electron chi connectivity index (χ4n) is 1.55. The molecule has 0 aliphatic carbocycles. The number of nitrogens with one attached hydrogen (secondary N) is 2. The molecule has 0 spiro atoms. The third-order valence-corrected chi connectivity index (χ3v) is 2.96. The molecule has 1 rings (SSSR count). The van der Waals surface area contributed by atoms with Gasteiger partial charge in [-0.25, -0.2) is 9.97 Å². The van der Waals surface area contributed by atoms with Gasteiger partial charge < -0.3 is 15.5 Å². The monoisotopic (exact) mass is 279 g/mol. The summed E-state index contributed by atoms with van der Waals surface area (Å²) in [6.07, 6.45) is 5.03. The Hall–Kier alpha value is -1.69. The number of rotatable bonds is 8. The predicted octanol–water partition coefficient (Wildman–Crippen LogP) is 1.37. The zero-order valence-corrected chi connectivity index (χ0v) is 12.8. The van der Waals surface area contributed by atoms with Crippen LogP contribution in [-0.2, 0) is 0 Å². The number of nitrogens with zero attached hydrogens (tertiary/aromatic N) is 3. The summed E-state index contributed by atoms with van der Waals surface area (Å²) in [5, 5.41) is 6.05. The molecule has 0 saturated carbocycles. The Morgan fingerprint density at radius 3 is 2.65 bits per heavy atom. The molecule has 0 fully saturated rings. The quantitative estimate of drug-likeness (QED) is 0.703. The molecule has 2 N–H and O–H groups in total. The van der Waals surface area contributed by atoms with Crippen LogP contribution in [0.3, 0.4) is 0 Å². The number of hydrogen-bond donors (Lipinski definition) is 2.